The monoisotopic (exact) mass is 371 g/mol. The van der Waals surface area contributed by atoms with Gasteiger partial charge in [-0.15, -0.1) is 0 Å². The first-order valence-electron chi connectivity index (χ1n) is 8.88. The molecule has 8 heteroatoms. The van der Waals surface area contributed by atoms with Crippen LogP contribution in [0.15, 0.2) is 65.6 Å². The number of nitrogens with zero attached hydrogens (tertiary/aromatic N) is 5. The minimum atomic E-state index is -0.199. The number of aryl methyl sites for hydroxylation is 1. The van der Waals surface area contributed by atoms with Crippen LogP contribution in [0.1, 0.15) is 5.69 Å². The number of nitrogens with one attached hydrogen (secondary N) is 2. The number of para-hydroxylation sites is 1. The molecule has 0 radical (unpaired) electrons. The van der Waals surface area contributed by atoms with Gasteiger partial charge < -0.3 is 5.32 Å². The summed E-state index contributed by atoms with van der Waals surface area (Å²) in [7, 11) is 1.90. The molecular weight excluding hydrogens is 354 g/mol. The zero-order valence-corrected chi connectivity index (χ0v) is 15.1. The summed E-state index contributed by atoms with van der Waals surface area (Å²) in [5, 5.41) is 11.7. The standard InChI is InChI=1S/C20H17N7O/c1-26-18-14(11-22-26)8-5-9-16(18)21-12-15-10-17(28)27-20(23-15)24-19(25-27)13-6-3-2-4-7-13/h2-11,21H,12H2,1H3,(H,23,24,25). The Labute approximate surface area is 159 Å². The molecule has 28 heavy (non-hydrogen) atoms. The van der Waals surface area contributed by atoms with Gasteiger partial charge in [-0.05, 0) is 6.07 Å². The lowest BCUT2D eigenvalue weighted by atomic mass is 10.2. The molecule has 0 bridgehead atoms. The number of aromatic amines is 1. The summed E-state index contributed by atoms with van der Waals surface area (Å²) in [6.07, 6.45) is 1.83. The topological polar surface area (TPSA) is 92.9 Å². The molecule has 0 fully saturated rings. The average Bonchev–Trinajstić information content (AvgIpc) is 3.32. The van der Waals surface area contributed by atoms with Gasteiger partial charge in [-0.3, -0.25) is 14.6 Å². The zero-order chi connectivity index (χ0) is 19.1. The predicted octanol–water partition coefficient (Wildman–Crippen LogP) is 2.58. The molecule has 0 atom stereocenters. The third-order valence-electron chi connectivity index (χ3n) is 4.65. The molecule has 0 amide bonds. The summed E-state index contributed by atoms with van der Waals surface area (Å²) in [4.78, 5) is 21.5. The Morgan fingerprint density at radius 1 is 1.07 bits per heavy atom. The van der Waals surface area contributed by atoms with Crippen LogP contribution in [-0.4, -0.2) is 29.4 Å². The third-order valence-corrected chi connectivity index (χ3v) is 4.65. The Morgan fingerprint density at radius 3 is 2.79 bits per heavy atom. The second-order valence-electron chi connectivity index (χ2n) is 6.52. The van der Waals surface area contributed by atoms with Gasteiger partial charge in [0.05, 0.1) is 29.6 Å². The highest BCUT2D eigenvalue weighted by Gasteiger charge is 2.10. The van der Waals surface area contributed by atoms with Crippen LogP contribution >= 0.6 is 0 Å². The van der Waals surface area contributed by atoms with Crippen molar-refractivity contribution < 1.29 is 0 Å². The Bertz CT molecular complexity index is 1350. The fraction of sp³-hybridized carbons (Fsp3) is 0.100. The van der Waals surface area contributed by atoms with Gasteiger partial charge in [-0.25, -0.2) is 4.98 Å². The maximum absolute atomic E-state index is 12.5. The average molecular weight is 371 g/mol. The van der Waals surface area contributed by atoms with E-state index in [1.807, 2.05) is 66.5 Å². The number of rotatable bonds is 4. The smallest absolute Gasteiger partial charge is 0.274 e. The SMILES string of the molecule is Cn1ncc2cccc(NCc3cc(=O)n4[nH]c(-c5ccccc5)nc4n3)c21. The summed E-state index contributed by atoms with van der Waals surface area (Å²) >= 11 is 0. The van der Waals surface area contributed by atoms with Gasteiger partial charge in [0.1, 0.15) is 0 Å². The van der Waals surface area contributed by atoms with E-state index in [1.165, 1.54) is 10.6 Å². The molecule has 0 aliphatic carbocycles. The fourth-order valence-corrected chi connectivity index (χ4v) is 3.30. The minimum Gasteiger partial charge on any atom is -0.378 e. The summed E-state index contributed by atoms with van der Waals surface area (Å²) in [5.74, 6) is 0.955. The Hall–Kier alpha value is -3.94. The first kappa shape index (κ1) is 16.2. The molecule has 5 aromatic rings. The van der Waals surface area contributed by atoms with Gasteiger partial charge in [-0.2, -0.15) is 14.6 Å². The van der Waals surface area contributed by atoms with Crippen molar-refractivity contribution in [3.8, 4) is 11.4 Å². The van der Waals surface area contributed by atoms with Crippen molar-refractivity contribution in [3.63, 3.8) is 0 Å². The van der Waals surface area contributed by atoms with E-state index in [2.05, 4.69) is 25.5 Å². The van der Waals surface area contributed by atoms with Crippen molar-refractivity contribution in [3.05, 3.63) is 76.8 Å². The van der Waals surface area contributed by atoms with Crippen LogP contribution in [0.3, 0.4) is 0 Å². The van der Waals surface area contributed by atoms with Crippen LogP contribution in [0.25, 0.3) is 28.1 Å². The first-order chi connectivity index (χ1) is 13.7. The highest BCUT2D eigenvalue weighted by Crippen LogP contribution is 2.22. The molecule has 138 valence electrons. The van der Waals surface area contributed by atoms with Crippen LogP contribution < -0.4 is 10.9 Å². The maximum Gasteiger partial charge on any atom is 0.274 e. The molecular formula is C20H17N7O. The summed E-state index contributed by atoms with van der Waals surface area (Å²) in [6, 6.07) is 17.1. The molecule has 5 rings (SSSR count). The second-order valence-corrected chi connectivity index (χ2v) is 6.52. The number of fused-ring (bicyclic) bond motifs is 2. The Kier molecular flexibility index (Phi) is 3.68. The molecule has 0 aliphatic heterocycles. The first-order valence-corrected chi connectivity index (χ1v) is 8.88. The van der Waals surface area contributed by atoms with Crippen molar-refractivity contribution in [2.24, 2.45) is 7.05 Å². The summed E-state index contributed by atoms with van der Waals surface area (Å²) in [5.41, 5.74) is 3.26. The number of H-pyrrole nitrogens is 1. The lowest BCUT2D eigenvalue weighted by Gasteiger charge is -2.08. The van der Waals surface area contributed by atoms with E-state index in [1.54, 1.807) is 0 Å². The molecule has 8 nitrogen and oxygen atoms in total. The lowest BCUT2D eigenvalue weighted by molar-refractivity contribution is 0.796. The maximum atomic E-state index is 12.5. The van der Waals surface area contributed by atoms with Gasteiger partial charge in [-0.1, -0.05) is 42.5 Å². The lowest BCUT2D eigenvalue weighted by Crippen LogP contribution is -2.17. The number of benzene rings is 2. The van der Waals surface area contributed by atoms with Gasteiger partial charge in [0, 0.05) is 24.1 Å². The van der Waals surface area contributed by atoms with E-state index in [0.29, 0.717) is 23.8 Å². The molecule has 2 aromatic carbocycles. The molecule has 0 aliphatic rings. The van der Waals surface area contributed by atoms with E-state index < -0.39 is 0 Å². The van der Waals surface area contributed by atoms with Crippen LogP contribution in [-0.2, 0) is 13.6 Å². The highest BCUT2D eigenvalue weighted by atomic mass is 16.1. The second kappa shape index (κ2) is 6.34. The number of anilines is 1. The normalized spacial score (nSPS) is 11.3. The van der Waals surface area contributed by atoms with Crippen LogP contribution in [0.4, 0.5) is 5.69 Å². The number of aromatic nitrogens is 6. The minimum absolute atomic E-state index is 0.199. The van der Waals surface area contributed by atoms with Crippen molar-refractivity contribution in [2.45, 2.75) is 6.54 Å². The van der Waals surface area contributed by atoms with Crippen LogP contribution in [0.5, 0.6) is 0 Å². The van der Waals surface area contributed by atoms with Crippen LogP contribution in [0.2, 0.25) is 0 Å². The molecule has 0 saturated heterocycles. The number of hydrogen-bond donors (Lipinski definition) is 2. The molecule has 0 saturated carbocycles. The molecule has 2 N–H and O–H groups in total. The molecule has 0 spiro atoms. The predicted molar refractivity (Wildman–Crippen MR) is 107 cm³/mol. The van der Waals surface area contributed by atoms with E-state index in [9.17, 15) is 4.79 Å². The molecule has 0 unspecified atom stereocenters. The summed E-state index contributed by atoms with van der Waals surface area (Å²) in [6.45, 7) is 0.406. The van der Waals surface area contributed by atoms with Gasteiger partial charge >= 0.3 is 0 Å². The van der Waals surface area contributed by atoms with E-state index in [0.717, 1.165) is 22.2 Å². The van der Waals surface area contributed by atoms with Crippen molar-refractivity contribution in [1.82, 2.24) is 29.4 Å². The zero-order valence-electron chi connectivity index (χ0n) is 15.1. The largest absolute Gasteiger partial charge is 0.378 e. The van der Waals surface area contributed by atoms with Crippen molar-refractivity contribution in [1.29, 1.82) is 0 Å². The molecule has 3 aromatic heterocycles. The van der Waals surface area contributed by atoms with Crippen molar-refractivity contribution >= 4 is 22.4 Å². The van der Waals surface area contributed by atoms with Gasteiger partial charge in [0.25, 0.3) is 11.3 Å². The Balaban J connectivity index is 1.48. The molecule has 3 heterocycles. The Morgan fingerprint density at radius 2 is 1.93 bits per heavy atom. The highest BCUT2D eigenvalue weighted by molar-refractivity contribution is 5.90. The van der Waals surface area contributed by atoms with E-state index in [4.69, 9.17) is 0 Å². The van der Waals surface area contributed by atoms with E-state index >= 15 is 0 Å². The fourth-order valence-electron chi connectivity index (χ4n) is 3.30. The number of hydrogen-bond acceptors (Lipinski definition) is 5. The third kappa shape index (κ3) is 2.71. The summed E-state index contributed by atoms with van der Waals surface area (Å²) < 4.78 is 3.18. The quantitative estimate of drug-likeness (QED) is 0.506. The van der Waals surface area contributed by atoms with E-state index in [-0.39, 0.29) is 5.56 Å². The van der Waals surface area contributed by atoms with Gasteiger partial charge in [0.2, 0.25) is 0 Å². The van der Waals surface area contributed by atoms with Crippen LogP contribution in [0, 0.1) is 0 Å². The van der Waals surface area contributed by atoms with Gasteiger partial charge in [0.15, 0.2) is 5.82 Å². The van der Waals surface area contributed by atoms with Crippen molar-refractivity contribution in [2.75, 3.05) is 5.32 Å².